The Bertz CT molecular complexity index is 2740. The summed E-state index contributed by atoms with van der Waals surface area (Å²) in [7, 11) is 0. The van der Waals surface area contributed by atoms with E-state index in [1.165, 1.54) is 16.7 Å². The number of aromatic nitrogens is 2. The number of carboxylic acid groups (broad SMARTS) is 1. The van der Waals surface area contributed by atoms with E-state index in [-0.39, 0.29) is 75.3 Å². The SMILES string of the molecule is CC[C@@]1(OC(=O)OCc2ccc(NC(=O)[C@H](CCCN=C(N)N)NC(=O)[C@@H](NC(=O)CCC(=O)O)C(C)C)cc2)C(=O)OCc2c1cc1n(c2=O)Cc2c-1nc1cc3c(cc1c2CCl)OCO3. The smallest absolute Gasteiger partial charge is 0.481 e. The van der Waals surface area contributed by atoms with E-state index in [2.05, 4.69) is 20.9 Å². The molecule has 2 aromatic heterocycles. The lowest BCUT2D eigenvalue weighted by atomic mass is 9.85. The predicted molar refractivity (Wildman–Crippen MR) is 240 cm³/mol. The predicted octanol–water partition coefficient (Wildman–Crippen LogP) is 3.39. The first-order valence-corrected chi connectivity index (χ1v) is 21.9. The highest BCUT2D eigenvalue weighted by atomic mass is 35.5. The normalized spacial score (nSPS) is 16.2. The molecule has 22 heteroatoms. The van der Waals surface area contributed by atoms with Gasteiger partial charge in [-0.3, -0.25) is 29.0 Å². The van der Waals surface area contributed by atoms with Gasteiger partial charge in [0.05, 0.1) is 35.4 Å². The number of nitrogens with zero attached hydrogens (tertiary/aromatic N) is 3. The summed E-state index contributed by atoms with van der Waals surface area (Å²) in [4.78, 5) is 100. The molecule has 0 radical (unpaired) electrons. The number of hydrogen-bond donors (Lipinski definition) is 6. The number of carbonyl (C=O) groups excluding carboxylic acids is 5. The van der Waals surface area contributed by atoms with Gasteiger partial charge in [0.1, 0.15) is 25.3 Å². The van der Waals surface area contributed by atoms with Crippen LogP contribution < -0.4 is 42.5 Å². The van der Waals surface area contributed by atoms with Crippen LogP contribution in [0.4, 0.5) is 10.5 Å². The summed E-state index contributed by atoms with van der Waals surface area (Å²) in [6, 6.07) is 9.22. The van der Waals surface area contributed by atoms with Crippen molar-refractivity contribution in [2.45, 2.75) is 96.2 Å². The molecule has 3 amide bonds. The van der Waals surface area contributed by atoms with Crippen LogP contribution in [0.5, 0.6) is 11.5 Å². The van der Waals surface area contributed by atoms with Crippen LogP contribution in [0, 0.1) is 5.92 Å². The van der Waals surface area contributed by atoms with Gasteiger partial charge in [-0.25, -0.2) is 14.6 Å². The maximum Gasteiger partial charge on any atom is 0.510 e. The van der Waals surface area contributed by atoms with E-state index >= 15 is 0 Å². The number of aliphatic carboxylic acids is 1. The number of esters is 1. The minimum Gasteiger partial charge on any atom is -0.481 e. The fourth-order valence-electron chi connectivity index (χ4n) is 8.12. The molecule has 0 bridgehead atoms. The molecular formula is C45H49ClN8O13. The molecule has 3 aliphatic rings. The van der Waals surface area contributed by atoms with Gasteiger partial charge >= 0.3 is 18.1 Å². The number of nitrogens with two attached hydrogens (primary N) is 2. The van der Waals surface area contributed by atoms with Crippen molar-refractivity contribution in [3.05, 3.63) is 80.6 Å². The first-order valence-electron chi connectivity index (χ1n) is 21.4. The fraction of sp³-hybridized carbons (Fsp3) is 0.400. The quantitative estimate of drug-likeness (QED) is 0.0241. The number of rotatable bonds is 18. The standard InChI is InChI=1S/C45H49ClN8O13/c1-4-45(29-15-32-38-27(18-54(32)41(60)28(29)20-63-42(45)61)26(17-46)25-14-33-34(66-21-65-33)16-31(25)51-38)67-44(62)64-19-23-7-9-24(10-8-23)50-39(58)30(6-5-13-49-43(47)48)52-40(59)37(22(2)3)53-35(55)11-12-36(56)57/h7-10,14-16,22,30,37H,4-6,11-13,17-21H2,1-3H3,(H,50,58)(H,52,59)(H,53,55)(H,56,57)(H4,47,48,49)/t30-,37-,45-/m0/s1. The number of alkyl halides is 1. The number of anilines is 1. The van der Waals surface area contributed by atoms with Gasteiger partial charge in [-0.15, -0.1) is 11.6 Å². The van der Waals surface area contributed by atoms with Crippen LogP contribution in [0.2, 0.25) is 0 Å². The third kappa shape index (κ3) is 10.1. The Morgan fingerprint density at radius 1 is 0.985 bits per heavy atom. The molecule has 7 rings (SSSR count). The first kappa shape index (κ1) is 47.5. The second-order valence-electron chi connectivity index (χ2n) is 16.4. The second kappa shape index (κ2) is 20.0. The van der Waals surface area contributed by atoms with Crippen LogP contribution in [-0.2, 0) is 69.4 Å². The van der Waals surface area contributed by atoms with Gasteiger partial charge in [0.25, 0.3) is 5.56 Å². The highest BCUT2D eigenvalue weighted by Crippen LogP contribution is 2.44. The number of aliphatic imine (C=N–C) groups is 1. The average Bonchev–Trinajstić information content (AvgIpc) is 3.91. The van der Waals surface area contributed by atoms with E-state index in [1.807, 2.05) is 6.07 Å². The number of halogens is 1. The van der Waals surface area contributed by atoms with E-state index in [0.29, 0.717) is 46.1 Å². The topological polar surface area (TPSA) is 304 Å². The molecule has 67 heavy (non-hydrogen) atoms. The van der Waals surface area contributed by atoms with Gasteiger partial charge < -0.3 is 60.8 Å². The van der Waals surface area contributed by atoms with Crippen LogP contribution >= 0.6 is 11.6 Å². The van der Waals surface area contributed by atoms with E-state index in [9.17, 15) is 33.6 Å². The largest absolute Gasteiger partial charge is 0.510 e. The number of carbonyl (C=O) groups is 6. The number of cyclic esters (lactones) is 1. The summed E-state index contributed by atoms with van der Waals surface area (Å²) < 4.78 is 29.4. The van der Waals surface area contributed by atoms with Gasteiger partial charge in [0, 0.05) is 47.1 Å². The Morgan fingerprint density at radius 3 is 2.39 bits per heavy atom. The number of carboxylic acids is 1. The van der Waals surface area contributed by atoms with Crippen molar-refractivity contribution in [3.8, 4) is 22.9 Å². The van der Waals surface area contributed by atoms with Crippen molar-refractivity contribution >= 4 is 70.0 Å². The molecule has 0 spiro atoms. The number of guanidine groups is 1. The van der Waals surface area contributed by atoms with E-state index in [0.717, 1.165) is 16.5 Å². The molecule has 3 aliphatic heterocycles. The van der Waals surface area contributed by atoms with E-state index in [4.69, 9.17) is 56.8 Å². The van der Waals surface area contributed by atoms with Crippen molar-refractivity contribution in [1.82, 2.24) is 20.2 Å². The zero-order chi connectivity index (χ0) is 48.2. The van der Waals surface area contributed by atoms with E-state index in [1.54, 1.807) is 45.0 Å². The van der Waals surface area contributed by atoms with Crippen molar-refractivity contribution in [1.29, 1.82) is 0 Å². The van der Waals surface area contributed by atoms with Gasteiger partial charge in [-0.1, -0.05) is 32.9 Å². The molecule has 5 heterocycles. The Morgan fingerprint density at radius 2 is 1.72 bits per heavy atom. The second-order valence-corrected chi connectivity index (χ2v) is 16.6. The van der Waals surface area contributed by atoms with Crippen LogP contribution in [-0.4, -0.2) is 81.9 Å². The molecule has 2 aromatic carbocycles. The number of nitrogens with one attached hydrogen (secondary N) is 3. The van der Waals surface area contributed by atoms with Crippen LogP contribution in [0.1, 0.15) is 80.7 Å². The lowest BCUT2D eigenvalue weighted by Gasteiger charge is -2.35. The number of fused-ring (bicyclic) bond motifs is 6. The lowest BCUT2D eigenvalue weighted by molar-refractivity contribution is -0.175. The maximum absolute atomic E-state index is 14.1. The molecule has 4 aromatic rings. The molecule has 8 N–H and O–H groups in total. The van der Waals surface area contributed by atoms with Crippen molar-refractivity contribution in [3.63, 3.8) is 0 Å². The molecular weight excluding hydrogens is 896 g/mol. The Hall–Kier alpha value is -7.42. The highest BCUT2D eigenvalue weighted by Gasteiger charge is 2.51. The van der Waals surface area contributed by atoms with Crippen LogP contribution in [0.3, 0.4) is 0 Å². The zero-order valence-electron chi connectivity index (χ0n) is 36.8. The average molecular weight is 945 g/mol. The number of ether oxygens (including phenoxy) is 5. The summed E-state index contributed by atoms with van der Waals surface area (Å²) in [5.41, 5.74) is 12.4. The van der Waals surface area contributed by atoms with Gasteiger partial charge in [-0.05, 0) is 60.6 Å². The van der Waals surface area contributed by atoms with Crippen molar-refractivity contribution < 1.29 is 57.6 Å². The zero-order valence-corrected chi connectivity index (χ0v) is 37.5. The molecule has 0 saturated carbocycles. The fourth-order valence-corrected chi connectivity index (χ4v) is 8.43. The highest BCUT2D eigenvalue weighted by molar-refractivity contribution is 6.18. The summed E-state index contributed by atoms with van der Waals surface area (Å²) in [6.45, 7) is 4.72. The summed E-state index contributed by atoms with van der Waals surface area (Å²) in [5.74, 6) is -3.30. The molecule has 21 nitrogen and oxygen atoms in total. The molecule has 3 atom stereocenters. The third-order valence-corrected chi connectivity index (χ3v) is 11.9. The summed E-state index contributed by atoms with van der Waals surface area (Å²) in [5, 5.41) is 17.6. The monoisotopic (exact) mass is 944 g/mol. The molecule has 0 aliphatic carbocycles. The van der Waals surface area contributed by atoms with Crippen LogP contribution in [0.15, 0.2) is 52.3 Å². The van der Waals surface area contributed by atoms with E-state index < -0.39 is 71.4 Å². The first-order chi connectivity index (χ1) is 32.0. The summed E-state index contributed by atoms with van der Waals surface area (Å²) in [6.07, 6.45) is -1.66. The number of hydrogen-bond acceptors (Lipinski definition) is 14. The molecule has 0 unspecified atom stereocenters. The number of amides is 3. The Labute approximate surface area is 387 Å². The van der Waals surface area contributed by atoms with Gasteiger partial charge in [-0.2, -0.15) is 0 Å². The van der Waals surface area contributed by atoms with Crippen molar-refractivity contribution in [2.75, 3.05) is 18.7 Å². The van der Waals surface area contributed by atoms with Gasteiger partial charge in [0.2, 0.25) is 30.1 Å². The lowest BCUT2D eigenvalue weighted by Crippen LogP contribution is -2.54. The number of pyridine rings is 2. The summed E-state index contributed by atoms with van der Waals surface area (Å²) >= 11 is 6.51. The van der Waals surface area contributed by atoms with Crippen LogP contribution in [0.25, 0.3) is 22.3 Å². The third-order valence-electron chi connectivity index (χ3n) is 11.6. The maximum atomic E-state index is 14.1. The van der Waals surface area contributed by atoms with Gasteiger partial charge in [0.15, 0.2) is 17.5 Å². The molecule has 354 valence electrons. The number of benzene rings is 2. The van der Waals surface area contributed by atoms with Crippen molar-refractivity contribution in [2.24, 2.45) is 22.4 Å². The Balaban J connectivity index is 1.03. The minimum absolute atomic E-state index is 0.0670. The molecule has 0 saturated heterocycles. The molecule has 0 fully saturated rings. The Kier molecular flexibility index (Phi) is 14.2. The minimum atomic E-state index is -2.04.